The van der Waals surface area contributed by atoms with Gasteiger partial charge in [-0.05, 0) is 99.8 Å². The highest BCUT2D eigenvalue weighted by Crippen LogP contribution is 2.38. The van der Waals surface area contributed by atoms with E-state index in [1.54, 1.807) is 0 Å². The molecule has 4 heterocycles. The van der Waals surface area contributed by atoms with Crippen molar-refractivity contribution in [3.63, 3.8) is 0 Å². The maximum absolute atomic E-state index is 5.08. The first kappa shape index (κ1) is 25.6. The average molecular weight is 611 g/mol. The van der Waals surface area contributed by atoms with Gasteiger partial charge in [0.25, 0.3) is 0 Å². The van der Waals surface area contributed by atoms with Crippen LogP contribution in [0.1, 0.15) is 0 Å². The summed E-state index contributed by atoms with van der Waals surface area (Å²) < 4.78 is 4.60. The third kappa shape index (κ3) is 3.49. The SMILES string of the molecule is c1cc(-c2ccc3c(c2)c2ccccc2n2c4ccccc4nc32)cc(-c2ccc3c(c2)c2ccccc2n2c4ccccc4nc32)c1. The number of hydrogen-bond acceptors (Lipinski definition) is 2. The normalized spacial score (nSPS) is 12.2. The van der Waals surface area contributed by atoms with Gasteiger partial charge in [-0.25, -0.2) is 9.97 Å². The van der Waals surface area contributed by atoms with Gasteiger partial charge in [0.1, 0.15) is 11.3 Å². The van der Waals surface area contributed by atoms with E-state index in [0.29, 0.717) is 0 Å². The van der Waals surface area contributed by atoms with Gasteiger partial charge < -0.3 is 0 Å². The number of nitrogens with zero attached hydrogens (tertiary/aromatic N) is 4. The van der Waals surface area contributed by atoms with E-state index in [1.807, 2.05) is 0 Å². The molecular weight excluding hydrogens is 585 g/mol. The second-order valence-corrected chi connectivity index (χ2v) is 12.7. The van der Waals surface area contributed by atoms with E-state index in [4.69, 9.17) is 9.97 Å². The summed E-state index contributed by atoms with van der Waals surface area (Å²) in [6.07, 6.45) is 0. The summed E-state index contributed by atoms with van der Waals surface area (Å²) in [5, 5.41) is 7.18. The van der Waals surface area contributed by atoms with E-state index in [2.05, 4.69) is 167 Å². The molecule has 7 aromatic carbocycles. The van der Waals surface area contributed by atoms with Crippen LogP contribution in [0.15, 0.2) is 158 Å². The fraction of sp³-hybridized carbons (Fsp3) is 0. The van der Waals surface area contributed by atoms with Crippen molar-refractivity contribution in [3.05, 3.63) is 158 Å². The van der Waals surface area contributed by atoms with E-state index in [9.17, 15) is 0 Å². The molecular formula is C44H26N4. The van der Waals surface area contributed by atoms with Crippen LogP contribution in [0.25, 0.3) is 99.0 Å². The second kappa shape index (κ2) is 9.50. The predicted octanol–water partition coefficient (Wildman–Crippen LogP) is 11.2. The van der Waals surface area contributed by atoms with Gasteiger partial charge in [-0.3, -0.25) is 8.80 Å². The molecule has 0 spiro atoms. The summed E-state index contributed by atoms with van der Waals surface area (Å²) in [7, 11) is 0. The van der Waals surface area contributed by atoms with Crippen LogP contribution in [-0.4, -0.2) is 18.8 Å². The summed E-state index contributed by atoms with van der Waals surface area (Å²) in [5.41, 5.74) is 13.4. The molecule has 222 valence electrons. The Morgan fingerprint density at radius 1 is 0.292 bits per heavy atom. The van der Waals surface area contributed by atoms with E-state index in [0.717, 1.165) is 44.1 Å². The Hall–Kier alpha value is -6.52. The van der Waals surface area contributed by atoms with Crippen LogP contribution in [-0.2, 0) is 0 Å². The van der Waals surface area contributed by atoms with Crippen LogP contribution in [0, 0.1) is 0 Å². The van der Waals surface area contributed by atoms with Crippen molar-refractivity contribution in [2.45, 2.75) is 0 Å². The molecule has 0 aliphatic heterocycles. The van der Waals surface area contributed by atoms with Crippen LogP contribution in [0.5, 0.6) is 0 Å². The summed E-state index contributed by atoms with van der Waals surface area (Å²) in [6.45, 7) is 0. The lowest BCUT2D eigenvalue weighted by atomic mass is 9.95. The van der Waals surface area contributed by atoms with Gasteiger partial charge in [0.15, 0.2) is 0 Å². The monoisotopic (exact) mass is 610 g/mol. The van der Waals surface area contributed by atoms with Crippen LogP contribution in [0.4, 0.5) is 0 Å². The maximum atomic E-state index is 5.08. The van der Waals surface area contributed by atoms with Crippen LogP contribution < -0.4 is 0 Å². The molecule has 0 atom stereocenters. The standard InChI is InChI=1S/C44H26N4/c1-5-16-39-31(12-1)35-25-29(20-22-33(35)43-45-37-14-3-7-18-41(37)47(39)43)27-10-9-11-28(24-27)30-21-23-34-36(26-30)32-13-2-6-17-40(32)48-42-19-8-4-15-38(42)46-44(34)48/h1-26H. The van der Waals surface area contributed by atoms with Gasteiger partial charge in [0.2, 0.25) is 0 Å². The zero-order chi connectivity index (χ0) is 31.3. The lowest BCUT2D eigenvalue weighted by Crippen LogP contribution is -1.92. The van der Waals surface area contributed by atoms with E-state index in [1.165, 1.54) is 54.8 Å². The van der Waals surface area contributed by atoms with Crippen LogP contribution in [0.2, 0.25) is 0 Å². The average Bonchev–Trinajstić information content (AvgIpc) is 3.75. The molecule has 0 unspecified atom stereocenters. The molecule has 0 N–H and O–H groups in total. The minimum atomic E-state index is 0.994. The molecule has 4 aromatic heterocycles. The first-order chi connectivity index (χ1) is 23.8. The number of hydrogen-bond donors (Lipinski definition) is 0. The minimum Gasteiger partial charge on any atom is -0.292 e. The zero-order valence-corrected chi connectivity index (χ0v) is 25.8. The molecule has 0 saturated carbocycles. The number of imidazole rings is 2. The molecule has 11 aromatic rings. The number of benzene rings is 7. The highest BCUT2D eigenvalue weighted by molar-refractivity contribution is 6.16. The highest BCUT2D eigenvalue weighted by Gasteiger charge is 2.16. The molecule has 0 saturated heterocycles. The molecule has 0 bridgehead atoms. The topological polar surface area (TPSA) is 34.6 Å². The third-order valence-corrected chi connectivity index (χ3v) is 10.0. The molecule has 0 radical (unpaired) electrons. The lowest BCUT2D eigenvalue weighted by molar-refractivity contribution is 1.31. The van der Waals surface area contributed by atoms with Crippen molar-refractivity contribution < 1.29 is 0 Å². The predicted molar refractivity (Wildman–Crippen MR) is 200 cm³/mol. The molecule has 4 heteroatoms. The van der Waals surface area contributed by atoms with E-state index in [-0.39, 0.29) is 0 Å². The number of aromatic nitrogens is 4. The van der Waals surface area contributed by atoms with Gasteiger partial charge in [-0.15, -0.1) is 0 Å². The summed E-state index contributed by atoms with van der Waals surface area (Å²) in [6, 6.07) is 56.7. The summed E-state index contributed by atoms with van der Waals surface area (Å²) in [4.78, 5) is 10.2. The quantitative estimate of drug-likeness (QED) is 0.183. The molecule has 0 fully saturated rings. The molecule has 0 aliphatic rings. The van der Waals surface area contributed by atoms with Crippen molar-refractivity contribution in [3.8, 4) is 22.3 Å². The molecule has 11 rings (SSSR count). The molecule has 0 amide bonds. The Bertz CT molecular complexity index is 2920. The second-order valence-electron chi connectivity index (χ2n) is 12.7. The zero-order valence-electron chi connectivity index (χ0n) is 25.8. The van der Waals surface area contributed by atoms with Crippen LogP contribution in [0.3, 0.4) is 0 Å². The Morgan fingerprint density at radius 2 is 0.708 bits per heavy atom. The van der Waals surface area contributed by atoms with E-state index >= 15 is 0 Å². The molecule has 48 heavy (non-hydrogen) atoms. The first-order valence-corrected chi connectivity index (χ1v) is 16.3. The van der Waals surface area contributed by atoms with E-state index < -0.39 is 0 Å². The Balaban J connectivity index is 1.10. The Kier molecular flexibility index (Phi) is 5.08. The van der Waals surface area contributed by atoms with Crippen molar-refractivity contribution in [2.75, 3.05) is 0 Å². The van der Waals surface area contributed by atoms with Crippen molar-refractivity contribution in [1.82, 2.24) is 18.8 Å². The first-order valence-electron chi connectivity index (χ1n) is 16.3. The minimum absolute atomic E-state index is 0.994. The molecule has 4 nitrogen and oxygen atoms in total. The van der Waals surface area contributed by atoms with Crippen molar-refractivity contribution >= 4 is 76.7 Å². The maximum Gasteiger partial charge on any atom is 0.146 e. The number of para-hydroxylation sites is 6. The largest absolute Gasteiger partial charge is 0.292 e. The van der Waals surface area contributed by atoms with Crippen molar-refractivity contribution in [1.29, 1.82) is 0 Å². The van der Waals surface area contributed by atoms with Gasteiger partial charge in [0.05, 0.1) is 33.1 Å². The Morgan fingerprint density at radius 3 is 1.21 bits per heavy atom. The van der Waals surface area contributed by atoms with Gasteiger partial charge in [-0.2, -0.15) is 0 Å². The highest BCUT2D eigenvalue weighted by atomic mass is 15.0. The summed E-state index contributed by atoms with van der Waals surface area (Å²) >= 11 is 0. The number of rotatable bonds is 2. The van der Waals surface area contributed by atoms with Gasteiger partial charge >= 0.3 is 0 Å². The van der Waals surface area contributed by atoms with Gasteiger partial charge in [0, 0.05) is 21.5 Å². The number of pyridine rings is 2. The summed E-state index contributed by atoms with van der Waals surface area (Å²) in [5.74, 6) is 0. The van der Waals surface area contributed by atoms with Gasteiger partial charge in [-0.1, -0.05) is 91.0 Å². The smallest absolute Gasteiger partial charge is 0.146 e. The van der Waals surface area contributed by atoms with Crippen molar-refractivity contribution in [2.24, 2.45) is 0 Å². The lowest BCUT2D eigenvalue weighted by Gasteiger charge is -2.13. The fourth-order valence-electron chi connectivity index (χ4n) is 7.86. The third-order valence-electron chi connectivity index (χ3n) is 10.0. The molecule has 0 aliphatic carbocycles. The number of fused-ring (bicyclic) bond motifs is 16. The fourth-order valence-corrected chi connectivity index (χ4v) is 7.86. The Labute approximate surface area is 274 Å². The van der Waals surface area contributed by atoms with Crippen LogP contribution >= 0.6 is 0 Å².